The molecular weight excluding hydrogens is 382 g/mol. The van der Waals surface area contributed by atoms with Crippen LogP contribution in [0.3, 0.4) is 0 Å². The maximum Gasteiger partial charge on any atom is 0.262 e. The molecule has 6 nitrogen and oxygen atoms in total. The van der Waals surface area contributed by atoms with E-state index in [0.717, 1.165) is 6.42 Å². The zero-order valence-corrected chi connectivity index (χ0v) is 16.7. The lowest BCUT2D eigenvalue weighted by molar-refractivity contribution is -0.118. The smallest absolute Gasteiger partial charge is 0.262 e. The van der Waals surface area contributed by atoms with Crippen molar-refractivity contribution in [3.05, 3.63) is 76.5 Å². The molecule has 3 aromatic carbocycles. The Labute approximate surface area is 173 Å². The fraction of sp³-hybridized carbons (Fsp3) is 0.167. The summed E-state index contributed by atoms with van der Waals surface area (Å²) in [6, 6.07) is 17.7. The highest BCUT2D eigenvalue weighted by Gasteiger charge is 2.12. The lowest BCUT2D eigenvalue weighted by atomic mass is 10.1. The van der Waals surface area contributed by atoms with Crippen molar-refractivity contribution in [3.63, 3.8) is 0 Å². The molecule has 0 aliphatic heterocycles. The molecule has 0 saturated heterocycles. The summed E-state index contributed by atoms with van der Waals surface area (Å²) in [5, 5.41) is 3.64. The van der Waals surface area contributed by atoms with E-state index in [-0.39, 0.29) is 17.9 Å². The maximum absolute atomic E-state index is 12.8. The van der Waals surface area contributed by atoms with Crippen LogP contribution in [0.5, 0.6) is 11.5 Å². The van der Waals surface area contributed by atoms with Crippen molar-refractivity contribution in [2.24, 2.45) is 0 Å². The third-order valence-electron chi connectivity index (χ3n) is 4.87. The molecule has 4 rings (SSSR count). The monoisotopic (exact) mass is 403 g/mol. The molecule has 4 aromatic rings. The number of hydrogen-bond acceptors (Lipinski definition) is 5. The van der Waals surface area contributed by atoms with Gasteiger partial charge in [-0.2, -0.15) is 0 Å². The van der Waals surface area contributed by atoms with Crippen LogP contribution >= 0.6 is 0 Å². The van der Waals surface area contributed by atoms with Gasteiger partial charge in [0.15, 0.2) is 17.9 Å². The minimum atomic E-state index is -0.311. The SMILES string of the molecule is CCc1ccc(OCC(=O)Nc2ccc3c(=O)c4cccc(OC)c4oc3c2)cc1. The van der Waals surface area contributed by atoms with Crippen molar-refractivity contribution in [2.45, 2.75) is 13.3 Å². The molecule has 6 heteroatoms. The Hall–Kier alpha value is -3.80. The van der Waals surface area contributed by atoms with E-state index in [1.807, 2.05) is 24.3 Å². The molecule has 0 fully saturated rings. The third kappa shape index (κ3) is 3.85. The molecule has 0 saturated carbocycles. The number of anilines is 1. The lowest BCUT2D eigenvalue weighted by Gasteiger charge is -2.09. The average molecular weight is 403 g/mol. The summed E-state index contributed by atoms with van der Waals surface area (Å²) in [4.78, 5) is 25.0. The highest BCUT2D eigenvalue weighted by molar-refractivity contribution is 5.96. The van der Waals surface area contributed by atoms with Gasteiger partial charge in [-0.05, 0) is 48.4 Å². The zero-order valence-electron chi connectivity index (χ0n) is 16.7. The van der Waals surface area contributed by atoms with Crippen molar-refractivity contribution in [2.75, 3.05) is 19.0 Å². The van der Waals surface area contributed by atoms with Crippen LogP contribution < -0.4 is 20.2 Å². The summed E-state index contributed by atoms with van der Waals surface area (Å²) < 4.78 is 16.7. The van der Waals surface area contributed by atoms with Crippen LogP contribution in [-0.2, 0) is 11.2 Å². The highest BCUT2D eigenvalue weighted by Crippen LogP contribution is 2.28. The molecule has 1 heterocycles. The van der Waals surface area contributed by atoms with E-state index in [0.29, 0.717) is 39.1 Å². The third-order valence-corrected chi connectivity index (χ3v) is 4.87. The van der Waals surface area contributed by atoms with Crippen LogP contribution in [0.1, 0.15) is 12.5 Å². The first-order chi connectivity index (χ1) is 14.6. The number of aryl methyl sites for hydroxylation is 1. The molecule has 1 amide bonds. The molecule has 0 spiro atoms. The first-order valence-electron chi connectivity index (χ1n) is 9.64. The average Bonchev–Trinajstić information content (AvgIpc) is 2.77. The number of nitrogens with one attached hydrogen (secondary N) is 1. The molecule has 0 bridgehead atoms. The second kappa shape index (κ2) is 8.29. The molecule has 0 aliphatic rings. The summed E-state index contributed by atoms with van der Waals surface area (Å²) in [6.07, 6.45) is 0.944. The van der Waals surface area contributed by atoms with Crippen molar-refractivity contribution >= 4 is 33.5 Å². The molecule has 0 aliphatic carbocycles. The molecule has 1 aromatic heterocycles. The predicted octanol–water partition coefficient (Wildman–Crippen LogP) is 4.53. The minimum absolute atomic E-state index is 0.126. The largest absolute Gasteiger partial charge is 0.493 e. The summed E-state index contributed by atoms with van der Waals surface area (Å²) >= 11 is 0. The molecule has 0 radical (unpaired) electrons. The summed E-state index contributed by atoms with van der Waals surface area (Å²) in [5.74, 6) is 0.795. The van der Waals surface area contributed by atoms with Gasteiger partial charge in [0.25, 0.3) is 5.91 Å². The molecule has 0 atom stereocenters. The van der Waals surface area contributed by atoms with Gasteiger partial charge in [-0.15, -0.1) is 0 Å². The van der Waals surface area contributed by atoms with Crippen LogP contribution in [0.25, 0.3) is 21.9 Å². The Bertz CT molecular complexity index is 1270. The van der Waals surface area contributed by atoms with Crippen LogP contribution in [0, 0.1) is 0 Å². The number of rotatable bonds is 6. The van der Waals surface area contributed by atoms with E-state index in [1.54, 1.807) is 36.4 Å². The van der Waals surface area contributed by atoms with Gasteiger partial charge in [-0.25, -0.2) is 0 Å². The zero-order chi connectivity index (χ0) is 21.1. The second-order valence-corrected chi connectivity index (χ2v) is 6.81. The summed E-state index contributed by atoms with van der Waals surface area (Å²) in [5.41, 5.74) is 2.30. The Morgan fingerprint density at radius 1 is 1.03 bits per heavy atom. The Kier molecular flexibility index (Phi) is 5.39. The van der Waals surface area contributed by atoms with Crippen molar-refractivity contribution in [3.8, 4) is 11.5 Å². The predicted molar refractivity (Wildman–Crippen MR) is 116 cm³/mol. The first-order valence-corrected chi connectivity index (χ1v) is 9.64. The standard InChI is InChI=1S/C24H21NO5/c1-3-15-7-10-17(11-8-15)29-14-22(26)25-16-9-12-18-21(13-16)30-24-19(23(18)27)5-4-6-20(24)28-2/h4-13H,3,14H2,1-2H3,(H,25,26). The number of carbonyl (C=O) groups excluding carboxylic acids is 1. The Morgan fingerprint density at radius 2 is 1.83 bits per heavy atom. The molecule has 0 unspecified atom stereocenters. The van der Waals surface area contributed by atoms with Crippen molar-refractivity contribution in [1.82, 2.24) is 0 Å². The van der Waals surface area contributed by atoms with E-state index in [2.05, 4.69) is 12.2 Å². The first kappa shape index (κ1) is 19.5. The van der Waals surface area contributed by atoms with Crippen LogP contribution in [0.4, 0.5) is 5.69 Å². The number of ether oxygens (including phenoxy) is 2. The maximum atomic E-state index is 12.8. The van der Waals surface area contributed by atoms with Crippen LogP contribution in [0.15, 0.2) is 69.9 Å². The lowest BCUT2D eigenvalue weighted by Crippen LogP contribution is -2.20. The van der Waals surface area contributed by atoms with Gasteiger partial charge in [-0.1, -0.05) is 25.1 Å². The van der Waals surface area contributed by atoms with Crippen molar-refractivity contribution in [1.29, 1.82) is 0 Å². The normalized spacial score (nSPS) is 10.9. The summed E-state index contributed by atoms with van der Waals surface area (Å²) in [6.45, 7) is 1.95. The molecule has 1 N–H and O–H groups in total. The van der Waals surface area contributed by atoms with Gasteiger partial charge in [0.05, 0.1) is 17.9 Å². The number of hydrogen-bond donors (Lipinski definition) is 1. The van der Waals surface area contributed by atoms with E-state index in [4.69, 9.17) is 13.9 Å². The van der Waals surface area contributed by atoms with E-state index >= 15 is 0 Å². The summed E-state index contributed by atoms with van der Waals surface area (Å²) in [7, 11) is 1.52. The van der Waals surface area contributed by atoms with Gasteiger partial charge in [0, 0.05) is 11.8 Å². The van der Waals surface area contributed by atoms with Gasteiger partial charge in [-0.3, -0.25) is 9.59 Å². The highest BCUT2D eigenvalue weighted by atomic mass is 16.5. The van der Waals surface area contributed by atoms with Crippen LogP contribution in [0.2, 0.25) is 0 Å². The number of amides is 1. The minimum Gasteiger partial charge on any atom is -0.493 e. The van der Waals surface area contributed by atoms with Gasteiger partial charge in [0.1, 0.15) is 11.3 Å². The fourth-order valence-corrected chi connectivity index (χ4v) is 3.26. The van der Waals surface area contributed by atoms with E-state index in [1.165, 1.54) is 12.7 Å². The Balaban J connectivity index is 1.54. The number of fused-ring (bicyclic) bond motifs is 2. The molecular formula is C24H21NO5. The quantitative estimate of drug-likeness (QED) is 0.479. The molecule has 30 heavy (non-hydrogen) atoms. The van der Waals surface area contributed by atoms with Crippen LogP contribution in [-0.4, -0.2) is 19.6 Å². The Morgan fingerprint density at radius 3 is 2.57 bits per heavy atom. The van der Waals surface area contributed by atoms with E-state index < -0.39 is 0 Å². The van der Waals surface area contributed by atoms with Crippen molar-refractivity contribution < 1.29 is 18.7 Å². The number of para-hydroxylation sites is 1. The van der Waals surface area contributed by atoms with Gasteiger partial charge < -0.3 is 19.2 Å². The fourth-order valence-electron chi connectivity index (χ4n) is 3.26. The topological polar surface area (TPSA) is 77.8 Å². The number of carbonyl (C=O) groups is 1. The van der Waals surface area contributed by atoms with Gasteiger partial charge in [0.2, 0.25) is 5.43 Å². The second-order valence-electron chi connectivity index (χ2n) is 6.81. The number of methoxy groups -OCH3 is 1. The number of benzene rings is 3. The van der Waals surface area contributed by atoms with Gasteiger partial charge >= 0.3 is 0 Å². The van der Waals surface area contributed by atoms with E-state index in [9.17, 15) is 9.59 Å². The molecule has 152 valence electrons.